The Kier molecular flexibility index (Phi) is 5.12. The molecule has 0 saturated heterocycles. The summed E-state index contributed by atoms with van der Waals surface area (Å²) in [4.78, 5) is 22.0. The Hall–Kier alpha value is -2.13. The quantitative estimate of drug-likeness (QED) is 0.474. The largest absolute Gasteiger partial charge is 0.373 e. The highest BCUT2D eigenvalue weighted by Crippen LogP contribution is 2.17. The van der Waals surface area contributed by atoms with Crippen LogP contribution in [0, 0.1) is 20.8 Å². The van der Waals surface area contributed by atoms with E-state index in [1.807, 2.05) is 63.2 Å². The first-order valence-electron chi connectivity index (χ1n) is 7.03. The normalized spacial score (nSPS) is 10.4. The van der Waals surface area contributed by atoms with Gasteiger partial charge in [0.15, 0.2) is 0 Å². The second-order valence-corrected chi connectivity index (χ2v) is 5.20. The maximum Gasteiger partial charge on any atom is 0.373 e. The Morgan fingerprint density at radius 2 is 1.62 bits per heavy atom. The standard InChI is InChI=1S/C18H20O3/c1-13-11-14(2)17(15(3)12-13)18(19)21-20-10-9-16-7-5-4-6-8-16/h4-8,11-12H,9-10H2,1-3H3. The highest BCUT2D eigenvalue weighted by molar-refractivity contribution is 5.92. The van der Waals surface area contributed by atoms with Gasteiger partial charge in [0, 0.05) is 0 Å². The minimum absolute atomic E-state index is 0.347. The van der Waals surface area contributed by atoms with Gasteiger partial charge in [-0.1, -0.05) is 48.0 Å². The van der Waals surface area contributed by atoms with Crippen molar-refractivity contribution in [3.05, 3.63) is 70.3 Å². The lowest BCUT2D eigenvalue weighted by Crippen LogP contribution is -2.11. The molecule has 3 heteroatoms. The minimum Gasteiger partial charge on any atom is -0.293 e. The van der Waals surface area contributed by atoms with E-state index in [1.165, 1.54) is 0 Å². The molecule has 2 rings (SSSR count). The Balaban J connectivity index is 1.88. The predicted octanol–water partition coefficient (Wildman–Crippen LogP) is 3.94. The van der Waals surface area contributed by atoms with E-state index in [2.05, 4.69) is 0 Å². The second-order valence-electron chi connectivity index (χ2n) is 5.20. The Morgan fingerprint density at radius 1 is 1.00 bits per heavy atom. The average molecular weight is 284 g/mol. The molecule has 0 aliphatic rings. The van der Waals surface area contributed by atoms with Gasteiger partial charge in [0.1, 0.15) is 0 Å². The van der Waals surface area contributed by atoms with Crippen LogP contribution in [0.15, 0.2) is 42.5 Å². The van der Waals surface area contributed by atoms with Crippen LogP contribution in [0.4, 0.5) is 0 Å². The van der Waals surface area contributed by atoms with Crippen LogP contribution in [0.3, 0.4) is 0 Å². The van der Waals surface area contributed by atoms with E-state index in [0.717, 1.165) is 22.3 Å². The molecule has 0 spiro atoms. The van der Waals surface area contributed by atoms with Gasteiger partial charge < -0.3 is 0 Å². The number of rotatable bonds is 5. The summed E-state index contributed by atoms with van der Waals surface area (Å²) in [5, 5.41) is 0. The maximum atomic E-state index is 12.1. The summed E-state index contributed by atoms with van der Waals surface area (Å²) in [7, 11) is 0. The average Bonchev–Trinajstić information content (AvgIpc) is 2.43. The van der Waals surface area contributed by atoms with Crippen molar-refractivity contribution in [2.45, 2.75) is 27.2 Å². The zero-order chi connectivity index (χ0) is 15.2. The van der Waals surface area contributed by atoms with Crippen LogP contribution in [0.25, 0.3) is 0 Å². The number of hydrogen-bond acceptors (Lipinski definition) is 3. The SMILES string of the molecule is Cc1cc(C)c(C(=O)OOCCc2ccccc2)c(C)c1. The van der Waals surface area contributed by atoms with Gasteiger partial charge in [0.2, 0.25) is 0 Å². The summed E-state index contributed by atoms with van der Waals surface area (Å²) in [6, 6.07) is 13.9. The number of carbonyl (C=O) groups is 1. The number of aryl methyl sites for hydroxylation is 3. The molecule has 0 aliphatic heterocycles. The molecule has 0 aliphatic carbocycles. The molecule has 0 heterocycles. The lowest BCUT2D eigenvalue weighted by molar-refractivity contribution is -0.240. The molecule has 2 aromatic rings. The molecule has 0 atom stereocenters. The minimum atomic E-state index is -0.432. The fourth-order valence-corrected chi connectivity index (χ4v) is 2.44. The molecule has 21 heavy (non-hydrogen) atoms. The molecule has 0 amide bonds. The van der Waals surface area contributed by atoms with E-state index in [0.29, 0.717) is 18.6 Å². The number of hydrogen-bond donors (Lipinski definition) is 0. The molecule has 0 N–H and O–H groups in total. The lowest BCUT2D eigenvalue weighted by Gasteiger charge is -2.10. The molecular formula is C18H20O3. The molecule has 0 bridgehead atoms. The molecular weight excluding hydrogens is 264 g/mol. The van der Waals surface area contributed by atoms with Gasteiger partial charge in [0.05, 0.1) is 12.2 Å². The van der Waals surface area contributed by atoms with Crippen LogP contribution in [0.1, 0.15) is 32.6 Å². The molecule has 0 fully saturated rings. The predicted molar refractivity (Wildman–Crippen MR) is 82.2 cm³/mol. The van der Waals surface area contributed by atoms with Gasteiger partial charge in [-0.2, -0.15) is 4.89 Å². The van der Waals surface area contributed by atoms with Gasteiger partial charge in [-0.25, -0.2) is 4.79 Å². The van der Waals surface area contributed by atoms with Crippen molar-refractivity contribution in [2.24, 2.45) is 0 Å². The summed E-state index contributed by atoms with van der Waals surface area (Å²) >= 11 is 0. The second kappa shape index (κ2) is 7.04. The summed E-state index contributed by atoms with van der Waals surface area (Å²) in [6.07, 6.45) is 0.708. The van der Waals surface area contributed by atoms with Gasteiger partial charge in [-0.3, -0.25) is 4.89 Å². The third-order valence-corrected chi connectivity index (χ3v) is 3.33. The first-order chi connectivity index (χ1) is 10.1. The summed E-state index contributed by atoms with van der Waals surface area (Å²) in [5.41, 5.74) is 4.68. The highest BCUT2D eigenvalue weighted by Gasteiger charge is 2.15. The molecule has 0 radical (unpaired) electrons. The lowest BCUT2D eigenvalue weighted by atomic mass is 10.0. The Labute approximate surface area is 125 Å². The van der Waals surface area contributed by atoms with E-state index in [4.69, 9.17) is 9.78 Å². The van der Waals surface area contributed by atoms with Crippen molar-refractivity contribution in [3.63, 3.8) is 0 Å². The van der Waals surface area contributed by atoms with E-state index >= 15 is 0 Å². The van der Waals surface area contributed by atoms with Crippen LogP contribution >= 0.6 is 0 Å². The molecule has 0 aromatic heterocycles. The summed E-state index contributed by atoms with van der Waals surface area (Å²) < 4.78 is 0. The topological polar surface area (TPSA) is 35.5 Å². The van der Waals surface area contributed by atoms with Crippen LogP contribution < -0.4 is 0 Å². The van der Waals surface area contributed by atoms with E-state index in [9.17, 15) is 4.79 Å². The fourth-order valence-electron chi connectivity index (χ4n) is 2.44. The van der Waals surface area contributed by atoms with Crippen molar-refractivity contribution >= 4 is 5.97 Å². The Bertz CT molecular complexity index is 595. The van der Waals surface area contributed by atoms with Crippen LogP contribution in [-0.2, 0) is 16.2 Å². The van der Waals surface area contributed by atoms with Crippen molar-refractivity contribution in [1.82, 2.24) is 0 Å². The van der Waals surface area contributed by atoms with E-state index < -0.39 is 5.97 Å². The summed E-state index contributed by atoms with van der Waals surface area (Å²) in [5.74, 6) is -0.432. The fraction of sp³-hybridized carbons (Fsp3) is 0.278. The molecule has 3 nitrogen and oxygen atoms in total. The first-order valence-corrected chi connectivity index (χ1v) is 7.03. The smallest absolute Gasteiger partial charge is 0.293 e. The summed E-state index contributed by atoms with van der Waals surface area (Å²) in [6.45, 7) is 6.16. The first kappa shape index (κ1) is 15.3. The molecule has 110 valence electrons. The number of carbonyl (C=O) groups excluding carboxylic acids is 1. The van der Waals surface area contributed by atoms with Gasteiger partial charge in [0.25, 0.3) is 0 Å². The molecule has 0 unspecified atom stereocenters. The maximum absolute atomic E-state index is 12.1. The van der Waals surface area contributed by atoms with Crippen LogP contribution in [0.2, 0.25) is 0 Å². The highest BCUT2D eigenvalue weighted by atomic mass is 17.2. The van der Waals surface area contributed by atoms with Gasteiger partial charge >= 0.3 is 5.97 Å². The van der Waals surface area contributed by atoms with Crippen molar-refractivity contribution in [2.75, 3.05) is 6.61 Å². The van der Waals surface area contributed by atoms with Crippen molar-refractivity contribution in [1.29, 1.82) is 0 Å². The third kappa shape index (κ3) is 4.17. The van der Waals surface area contributed by atoms with Gasteiger partial charge in [-0.05, 0) is 43.9 Å². The third-order valence-electron chi connectivity index (χ3n) is 3.33. The zero-order valence-electron chi connectivity index (χ0n) is 12.7. The number of benzene rings is 2. The van der Waals surface area contributed by atoms with Crippen LogP contribution in [-0.4, -0.2) is 12.6 Å². The van der Waals surface area contributed by atoms with Crippen molar-refractivity contribution < 1.29 is 14.6 Å². The zero-order valence-corrected chi connectivity index (χ0v) is 12.7. The van der Waals surface area contributed by atoms with Gasteiger partial charge in [-0.15, -0.1) is 0 Å². The van der Waals surface area contributed by atoms with E-state index in [1.54, 1.807) is 0 Å². The van der Waals surface area contributed by atoms with Crippen molar-refractivity contribution in [3.8, 4) is 0 Å². The molecule has 0 saturated carbocycles. The van der Waals surface area contributed by atoms with E-state index in [-0.39, 0.29) is 0 Å². The van der Waals surface area contributed by atoms with Crippen LogP contribution in [0.5, 0.6) is 0 Å². The molecule has 2 aromatic carbocycles. The Morgan fingerprint density at radius 3 is 2.24 bits per heavy atom. The monoisotopic (exact) mass is 284 g/mol.